The molecule has 1 aromatic carbocycles. The number of allylic oxidation sites excluding steroid dienone is 1. The van der Waals surface area contributed by atoms with Gasteiger partial charge in [0.2, 0.25) is 0 Å². The van der Waals surface area contributed by atoms with E-state index in [1.807, 2.05) is 5.37 Å². The number of hydrogen-bond donors (Lipinski definition) is 0. The summed E-state index contributed by atoms with van der Waals surface area (Å²) in [6, 6.07) is 5.33. The fraction of sp³-hybridized carbons (Fsp3) is 0.250. The van der Waals surface area contributed by atoms with E-state index in [2.05, 4.69) is 11.5 Å². The van der Waals surface area contributed by atoms with Gasteiger partial charge in [-0.1, -0.05) is 18.2 Å². The molecule has 1 aliphatic rings. The quantitative estimate of drug-likeness (QED) is 0.654. The third kappa shape index (κ3) is 2.76. The van der Waals surface area contributed by atoms with Crippen molar-refractivity contribution in [3.8, 4) is 0 Å². The van der Waals surface area contributed by atoms with Crippen molar-refractivity contribution in [3.63, 3.8) is 0 Å². The molecule has 0 nitrogen and oxygen atoms in total. The Bertz CT molecular complexity index is 427. The fourth-order valence-corrected chi connectivity index (χ4v) is 3.12. The zero-order valence-corrected chi connectivity index (χ0v) is 9.31. The highest BCUT2D eigenvalue weighted by Gasteiger charge is 2.29. The first-order valence-corrected chi connectivity index (χ1v) is 6.45. The van der Waals surface area contributed by atoms with Gasteiger partial charge in [0.05, 0.1) is 5.56 Å². The molecule has 0 amide bonds. The third-order valence-electron chi connectivity index (χ3n) is 2.32. The lowest BCUT2D eigenvalue weighted by atomic mass is 10.1. The highest BCUT2D eigenvalue weighted by atomic mass is 32.2. The molecule has 1 unspecified atom stereocenters. The summed E-state index contributed by atoms with van der Waals surface area (Å²) in [6.07, 6.45) is -1.06. The van der Waals surface area contributed by atoms with Crippen LogP contribution in [-0.4, -0.2) is 11.1 Å². The second kappa shape index (κ2) is 4.45. The van der Waals surface area contributed by atoms with Crippen molar-refractivity contribution in [2.75, 3.05) is 5.75 Å². The minimum atomic E-state index is -4.24. The Kier molecular flexibility index (Phi) is 3.19. The van der Waals surface area contributed by atoms with Gasteiger partial charge in [-0.3, -0.25) is 0 Å². The largest absolute Gasteiger partial charge is 0.416 e. The van der Waals surface area contributed by atoms with E-state index < -0.39 is 11.7 Å². The monoisotopic (exact) mass is 244 g/mol. The maximum Gasteiger partial charge on any atom is 0.416 e. The lowest BCUT2D eigenvalue weighted by Gasteiger charge is -2.06. The molecule has 2 rings (SSSR count). The molecule has 0 aromatic heterocycles. The maximum atomic E-state index is 12.3. The van der Waals surface area contributed by atoms with Crippen LogP contribution < -0.4 is 0 Å². The van der Waals surface area contributed by atoms with Crippen LogP contribution in [0.1, 0.15) is 17.5 Å². The van der Waals surface area contributed by atoms with Gasteiger partial charge in [0.25, 0.3) is 0 Å². The summed E-state index contributed by atoms with van der Waals surface area (Å²) in [5.74, 6) is 1.08. The van der Waals surface area contributed by atoms with Crippen molar-refractivity contribution in [3.05, 3.63) is 46.9 Å². The molecule has 0 saturated heterocycles. The van der Waals surface area contributed by atoms with Crippen LogP contribution in [0.3, 0.4) is 0 Å². The Balaban J connectivity index is 2.20. The van der Waals surface area contributed by atoms with Crippen molar-refractivity contribution in [2.24, 2.45) is 0 Å². The summed E-state index contributed by atoms with van der Waals surface area (Å²) in [4.78, 5) is 0. The summed E-state index contributed by atoms with van der Waals surface area (Å²) in [5, 5.41) is 4.15. The van der Waals surface area contributed by atoms with Crippen LogP contribution in [-0.2, 0) is 6.18 Å². The topological polar surface area (TPSA) is 0 Å². The summed E-state index contributed by atoms with van der Waals surface area (Å²) in [7, 11) is 0.107. The van der Waals surface area contributed by atoms with Gasteiger partial charge in [-0.15, -0.1) is 0 Å². The molecule has 0 N–H and O–H groups in total. The van der Waals surface area contributed by atoms with Crippen LogP contribution in [0.4, 0.5) is 13.2 Å². The Morgan fingerprint density at radius 1 is 1.12 bits per heavy atom. The summed E-state index contributed by atoms with van der Waals surface area (Å²) >= 11 is 0. The molecule has 0 radical (unpaired) electrons. The van der Waals surface area contributed by atoms with E-state index in [4.69, 9.17) is 0 Å². The Morgan fingerprint density at radius 2 is 1.81 bits per heavy atom. The lowest BCUT2D eigenvalue weighted by Crippen LogP contribution is -2.04. The molecule has 0 fully saturated rings. The first-order chi connectivity index (χ1) is 7.55. The Hall–Kier alpha value is -1.03. The summed E-state index contributed by atoms with van der Waals surface area (Å²) in [6.45, 7) is 0. The van der Waals surface area contributed by atoms with Gasteiger partial charge < -0.3 is 0 Å². The number of rotatable bonds is 1. The Morgan fingerprint density at radius 3 is 2.31 bits per heavy atom. The van der Waals surface area contributed by atoms with Gasteiger partial charge in [0.15, 0.2) is 0 Å². The van der Waals surface area contributed by atoms with E-state index in [0.717, 1.165) is 29.9 Å². The molecule has 0 bridgehead atoms. The zero-order valence-electron chi connectivity index (χ0n) is 8.50. The van der Waals surface area contributed by atoms with Crippen LogP contribution in [0.15, 0.2) is 35.7 Å². The predicted octanol–water partition coefficient (Wildman–Crippen LogP) is 4.04. The van der Waals surface area contributed by atoms with Crippen molar-refractivity contribution >= 4 is 15.9 Å². The smallest absolute Gasteiger partial charge is 0.166 e. The molecule has 1 atom stereocenters. The number of benzene rings is 1. The van der Waals surface area contributed by atoms with Crippen LogP contribution in [0.25, 0.3) is 0 Å². The molecule has 4 heteroatoms. The standard InChI is InChI=1S/C12H11F3S/c13-12(14,15)11-5-3-10(4-6-11)9-16-7-1-2-8-16/h1,3-7,9H,2,8H2. The molecule has 0 aliphatic carbocycles. The van der Waals surface area contributed by atoms with Gasteiger partial charge in [0, 0.05) is 0 Å². The minimum Gasteiger partial charge on any atom is -0.166 e. The molecule has 1 aromatic rings. The number of hydrogen-bond acceptors (Lipinski definition) is 0. The third-order valence-corrected chi connectivity index (χ3v) is 4.14. The predicted molar refractivity (Wildman–Crippen MR) is 62.8 cm³/mol. The molecule has 1 heterocycles. The average molecular weight is 244 g/mol. The summed E-state index contributed by atoms with van der Waals surface area (Å²) in [5.41, 5.74) is 0.276. The number of alkyl halides is 3. The molecule has 0 saturated carbocycles. The second-order valence-corrected chi connectivity index (χ2v) is 5.43. The summed E-state index contributed by atoms with van der Waals surface area (Å²) < 4.78 is 36.9. The normalized spacial score (nSPS) is 20.6. The van der Waals surface area contributed by atoms with Gasteiger partial charge in [-0.25, -0.2) is 0 Å². The van der Waals surface area contributed by atoms with E-state index in [1.165, 1.54) is 12.1 Å². The molecular formula is C12H11F3S. The fourth-order valence-electron chi connectivity index (χ4n) is 1.49. The van der Waals surface area contributed by atoms with Crippen molar-refractivity contribution in [1.29, 1.82) is 0 Å². The van der Waals surface area contributed by atoms with E-state index in [0.29, 0.717) is 0 Å². The molecule has 0 spiro atoms. The lowest BCUT2D eigenvalue weighted by molar-refractivity contribution is -0.137. The van der Waals surface area contributed by atoms with Crippen LogP contribution in [0.2, 0.25) is 0 Å². The minimum absolute atomic E-state index is 0.107. The van der Waals surface area contributed by atoms with E-state index in [-0.39, 0.29) is 10.5 Å². The first-order valence-electron chi connectivity index (χ1n) is 4.93. The molecule has 86 valence electrons. The molecule has 16 heavy (non-hydrogen) atoms. The number of halogens is 3. The van der Waals surface area contributed by atoms with Gasteiger partial charge in [-0.2, -0.15) is 23.7 Å². The highest BCUT2D eigenvalue weighted by Crippen LogP contribution is 2.29. The van der Waals surface area contributed by atoms with Crippen LogP contribution >= 0.6 is 10.5 Å². The van der Waals surface area contributed by atoms with Crippen LogP contribution in [0.5, 0.6) is 0 Å². The maximum absolute atomic E-state index is 12.3. The van der Waals surface area contributed by atoms with E-state index in [9.17, 15) is 13.2 Å². The van der Waals surface area contributed by atoms with Crippen molar-refractivity contribution < 1.29 is 13.2 Å². The highest BCUT2D eigenvalue weighted by molar-refractivity contribution is 8.17. The first kappa shape index (κ1) is 11.5. The van der Waals surface area contributed by atoms with E-state index in [1.54, 1.807) is 0 Å². The average Bonchev–Trinajstić information content (AvgIpc) is 2.70. The van der Waals surface area contributed by atoms with Gasteiger partial charge in [0.1, 0.15) is 0 Å². The molecule has 1 aliphatic heterocycles. The van der Waals surface area contributed by atoms with Crippen molar-refractivity contribution in [2.45, 2.75) is 12.6 Å². The SMILES string of the molecule is FC(F)(F)c1ccc(C=S2C=CCC2)cc1. The zero-order chi connectivity index (χ0) is 11.6. The van der Waals surface area contributed by atoms with Crippen molar-refractivity contribution in [1.82, 2.24) is 0 Å². The second-order valence-electron chi connectivity index (χ2n) is 3.57. The molecular weight excluding hydrogens is 233 g/mol. The van der Waals surface area contributed by atoms with Gasteiger partial charge in [-0.05, 0) is 40.6 Å². The van der Waals surface area contributed by atoms with Gasteiger partial charge >= 0.3 is 6.18 Å². The van der Waals surface area contributed by atoms with E-state index >= 15 is 0 Å². The Labute approximate surface area is 94.7 Å². The van der Waals surface area contributed by atoms with Crippen LogP contribution in [0, 0.1) is 0 Å².